The molecule has 0 aromatic carbocycles. The Labute approximate surface area is 115 Å². The molecule has 1 aromatic heterocycles. The van der Waals surface area contributed by atoms with E-state index >= 15 is 0 Å². The fourth-order valence-electron chi connectivity index (χ4n) is 1.06. The van der Waals surface area contributed by atoms with Gasteiger partial charge in [-0.05, 0) is 27.7 Å². The number of thioether (sulfide) groups is 1. The van der Waals surface area contributed by atoms with Crippen molar-refractivity contribution in [1.82, 2.24) is 15.6 Å². The van der Waals surface area contributed by atoms with Gasteiger partial charge in [0.1, 0.15) is 0 Å². The van der Waals surface area contributed by atoms with Crippen molar-refractivity contribution in [3.63, 3.8) is 0 Å². The van der Waals surface area contributed by atoms with Gasteiger partial charge in [-0.1, -0.05) is 11.8 Å². The lowest BCUT2D eigenvalue weighted by atomic mass is 10.1. The van der Waals surface area contributed by atoms with E-state index in [-0.39, 0.29) is 17.2 Å². The van der Waals surface area contributed by atoms with E-state index in [1.165, 1.54) is 23.1 Å². The summed E-state index contributed by atoms with van der Waals surface area (Å²) in [6.45, 7) is 7.45. The first-order valence-corrected chi connectivity index (χ1v) is 7.30. The maximum Gasteiger partial charge on any atom is 0.321 e. The normalized spacial score (nSPS) is 11.1. The molecule has 2 N–H and O–H groups in total. The van der Waals surface area contributed by atoms with Gasteiger partial charge in [0.25, 0.3) is 0 Å². The molecule has 1 aromatic rings. The number of imide groups is 1. The van der Waals surface area contributed by atoms with Gasteiger partial charge in [0.15, 0.2) is 4.34 Å². The lowest BCUT2D eigenvalue weighted by Gasteiger charge is -2.20. The Bertz CT molecular complexity index is 438. The van der Waals surface area contributed by atoms with Crippen LogP contribution in [0.25, 0.3) is 0 Å². The van der Waals surface area contributed by atoms with Crippen molar-refractivity contribution in [3.8, 4) is 0 Å². The summed E-state index contributed by atoms with van der Waals surface area (Å²) in [5.41, 5.74) is 0.581. The molecule has 0 aliphatic rings. The molecule has 0 aliphatic carbocycles. The fourth-order valence-corrected chi connectivity index (χ4v) is 2.71. The third-order valence-corrected chi connectivity index (χ3v) is 3.81. The van der Waals surface area contributed by atoms with Crippen LogP contribution in [0.4, 0.5) is 4.79 Å². The van der Waals surface area contributed by atoms with Crippen LogP contribution in [0.1, 0.15) is 26.5 Å². The summed E-state index contributed by atoms with van der Waals surface area (Å²) < 4.78 is 0.832. The Hall–Kier alpha value is -1.08. The molecule has 0 bridgehead atoms. The van der Waals surface area contributed by atoms with Gasteiger partial charge in [0, 0.05) is 16.6 Å². The summed E-state index contributed by atoms with van der Waals surface area (Å²) in [6, 6.07) is -0.469. The highest BCUT2D eigenvalue weighted by Crippen LogP contribution is 2.21. The van der Waals surface area contributed by atoms with Crippen LogP contribution in [-0.2, 0) is 4.79 Å². The van der Waals surface area contributed by atoms with Crippen molar-refractivity contribution < 1.29 is 9.59 Å². The van der Waals surface area contributed by atoms with E-state index in [1.54, 1.807) is 0 Å². The van der Waals surface area contributed by atoms with Gasteiger partial charge in [-0.3, -0.25) is 10.1 Å². The molecule has 0 radical (unpaired) electrons. The topological polar surface area (TPSA) is 71.1 Å². The minimum Gasteiger partial charge on any atom is -0.333 e. The summed E-state index contributed by atoms with van der Waals surface area (Å²) in [5, 5.41) is 6.86. The zero-order valence-electron chi connectivity index (χ0n) is 10.9. The number of nitrogens with one attached hydrogen (secondary N) is 2. The van der Waals surface area contributed by atoms with Crippen LogP contribution in [-0.4, -0.2) is 28.2 Å². The molecule has 1 rings (SSSR count). The summed E-state index contributed by atoms with van der Waals surface area (Å²) in [6.07, 6.45) is 0. The average molecular weight is 287 g/mol. The molecule has 0 unspecified atom stereocenters. The zero-order valence-corrected chi connectivity index (χ0v) is 12.5. The maximum absolute atomic E-state index is 11.5. The van der Waals surface area contributed by atoms with Crippen molar-refractivity contribution in [2.45, 2.75) is 37.6 Å². The number of aryl methyl sites for hydroxylation is 1. The van der Waals surface area contributed by atoms with Crippen molar-refractivity contribution in [2.24, 2.45) is 0 Å². The SMILES string of the molecule is Cc1csc(SCC(=O)NC(=O)NC(C)(C)C)n1. The number of urea groups is 1. The van der Waals surface area contributed by atoms with Crippen LogP contribution < -0.4 is 10.6 Å². The molecule has 100 valence electrons. The number of carbonyl (C=O) groups is 2. The van der Waals surface area contributed by atoms with Gasteiger partial charge in [0.2, 0.25) is 5.91 Å². The van der Waals surface area contributed by atoms with Gasteiger partial charge in [-0.15, -0.1) is 11.3 Å². The summed E-state index contributed by atoms with van der Waals surface area (Å²) in [7, 11) is 0. The molecule has 1 heterocycles. The molecular formula is C11H17N3O2S2. The smallest absolute Gasteiger partial charge is 0.321 e. The van der Waals surface area contributed by atoms with Crippen LogP contribution in [0.15, 0.2) is 9.72 Å². The van der Waals surface area contributed by atoms with Crippen molar-refractivity contribution in [3.05, 3.63) is 11.1 Å². The van der Waals surface area contributed by atoms with E-state index in [0.29, 0.717) is 0 Å². The van der Waals surface area contributed by atoms with Crippen molar-refractivity contribution >= 4 is 35.0 Å². The minimum atomic E-state index is -0.469. The zero-order chi connectivity index (χ0) is 13.8. The summed E-state index contributed by atoms with van der Waals surface area (Å²) in [4.78, 5) is 27.1. The highest BCUT2D eigenvalue weighted by molar-refractivity contribution is 8.01. The Morgan fingerprint density at radius 3 is 2.61 bits per heavy atom. The second kappa shape index (κ2) is 6.19. The lowest BCUT2D eigenvalue weighted by molar-refractivity contribution is -0.117. The Morgan fingerprint density at radius 2 is 2.11 bits per heavy atom. The number of nitrogens with zero attached hydrogens (tertiary/aromatic N) is 1. The molecule has 3 amide bonds. The van der Waals surface area contributed by atoms with Crippen LogP contribution in [0.2, 0.25) is 0 Å². The number of hydrogen-bond acceptors (Lipinski definition) is 5. The van der Waals surface area contributed by atoms with Gasteiger partial charge < -0.3 is 5.32 Å². The first-order chi connectivity index (χ1) is 8.26. The summed E-state index contributed by atoms with van der Waals surface area (Å²) in [5.74, 6) is -0.139. The Balaban J connectivity index is 2.32. The molecular weight excluding hydrogens is 270 g/mol. The van der Waals surface area contributed by atoms with E-state index in [2.05, 4.69) is 15.6 Å². The number of carbonyl (C=O) groups excluding carboxylic acids is 2. The van der Waals surface area contributed by atoms with Gasteiger partial charge >= 0.3 is 6.03 Å². The second-order valence-corrected chi connectivity index (χ2v) is 6.88. The first-order valence-electron chi connectivity index (χ1n) is 5.43. The lowest BCUT2D eigenvalue weighted by Crippen LogP contribution is -2.48. The standard InChI is InChI=1S/C11H17N3O2S2/c1-7-5-17-10(12-7)18-6-8(15)13-9(16)14-11(2,3)4/h5H,6H2,1-4H3,(H2,13,14,15,16). The fraction of sp³-hybridized carbons (Fsp3) is 0.545. The summed E-state index contributed by atoms with van der Waals surface area (Å²) >= 11 is 2.82. The van der Waals surface area contributed by atoms with Crippen molar-refractivity contribution in [1.29, 1.82) is 0 Å². The minimum absolute atomic E-state index is 0.185. The molecule has 0 fully saturated rings. The third-order valence-electron chi connectivity index (χ3n) is 1.67. The van der Waals surface area contributed by atoms with Crippen LogP contribution in [0, 0.1) is 6.92 Å². The molecule has 18 heavy (non-hydrogen) atoms. The maximum atomic E-state index is 11.5. The van der Waals surface area contributed by atoms with E-state index in [0.717, 1.165) is 10.0 Å². The number of hydrogen-bond donors (Lipinski definition) is 2. The third kappa shape index (κ3) is 6.02. The largest absolute Gasteiger partial charge is 0.333 e. The van der Waals surface area contributed by atoms with E-state index in [9.17, 15) is 9.59 Å². The molecule has 0 spiro atoms. The predicted molar refractivity (Wildman–Crippen MR) is 74.0 cm³/mol. The number of amides is 3. The number of thiazole rings is 1. The Kier molecular flexibility index (Phi) is 5.15. The van der Waals surface area contributed by atoms with Crippen LogP contribution >= 0.6 is 23.1 Å². The van der Waals surface area contributed by atoms with E-state index < -0.39 is 6.03 Å². The highest BCUT2D eigenvalue weighted by Gasteiger charge is 2.15. The monoisotopic (exact) mass is 287 g/mol. The van der Waals surface area contributed by atoms with E-state index in [4.69, 9.17) is 0 Å². The van der Waals surface area contributed by atoms with Crippen LogP contribution in [0.5, 0.6) is 0 Å². The molecule has 5 nitrogen and oxygen atoms in total. The molecule has 0 saturated carbocycles. The Morgan fingerprint density at radius 1 is 1.44 bits per heavy atom. The van der Waals surface area contributed by atoms with Gasteiger partial charge in [-0.25, -0.2) is 9.78 Å². The first kappa shape index (κ1) is 15.0. The van der Waals surface area contributed by atoms with Crippen molar-refractivity contribution in [2.75, 3.05) is 5.75 Å². The number of aromatic nitrogens is 1. The average Bonchev–Trinajstić information content (AvgIpc) is 2.58. The van der Waals surface area contributed by atoms with Gasteiger partial charge in [-0.2, -0.15) is 0 Å². The second-order valence-electron chi connectivity index (χ2n) is 4.80. The van der Waals surface area contributed by atoms with E-state index in [1.807, 2.05) is 33.1 Å². The molecule has 7 heteroatoms. The molecule has 0 saturated heterocycles. The number of rotatable bonds is 3. The quantitative estimate of drug-likeness (QED) is 0.836. The molecule has 0 aliphatic heterocycles. The highest BCUT2D eigenvalue weighted by atomic mass is 32.2. The van der Waals surface area contributed by atoms with Gasteiger partial charge in [0.05, 0.1) is 5.75 Å². The molecule has 0 atom stereocenters. The predicted octanol–water partition coefficient (Wildman–Crippen LogP) is 2.17. The van der Waals surface area contributed by atoms with Crippen LogP contribution in [0.3, 0.4) is 0 Å².